The predicted octanol–water partition coefficient (Wildman–Crippen LogP) is 2.99. The van der Waals surface area contributed by atoms with Crippen molar-refractivity contribution >= 4 is 27.1 Å². The molecule has 3 nitrogen and oxygen atoms in total. The first-order valence-electron chi connectivity index (χ1n) is 5.72. The molecular weight excluding hydrogens is 311 g/mol. The standard InChI is InChI=1S/2C4H9.C2H4O3.C2H4.Sn/c2*1-3-4-2;3-1-2(4)5;1-2;/h2*1,3-4H2,2H3;3H,1H2,(H,4,5);1-2H2;. The van der Waals surface area contributed by atoms with Gasteiger partial charge in [0.1, 0.15) is 6.61 Å². The molecule has 0 unspecified atom stereocenters. The topological polar surface area (TPSA) is 57.5 Å². The summed E-state index contributed by atoms with van der Waals surface area (Å²) in [5, 5.41) is 15.0. The number of aliphatic hydroxyl groups is 1. The second-order valence-electron chi connectivity index (χ2n) is 3.01. The molecule has 0 aliphatic carbocycles. The predicted molar refractivity (Wildman–Crippen MR) is 71.2 cm³/mol. The zero-order valence-corrected chi connectivity index (χ0v) is 13.5. The first kappa shape index (κ1) is 21.3. The average molecular weight is 337 g/mol. The third kappa shape index (κ3) is 37.0. The molecule has 0 bridgehead atoms. The molecule has 16 heavy (non-hydrogen) atoms. The summed E-state index contributed by atoms with van der Waals surface area (Å²) >= 11 is 0.149. The molecule has 0 aromatic heterocycles. The van der Waals surface area contributed by atoms with Gasteiger partial charge in [-0.2, -0.15) is 0 Å². The van der Waals surface area contributed by atoms with E-state index in [0.717, 1.165) is 0 Å². The van der Waals surface area contributed by atoms with Gasteiger partial charge in [0.2, 0.25) is 0 Å². The van der Waals surface area contributed by atoms with Gasteiger partial charge in [-0.25, -0.2) is 4.79 Å². The van der Waals surface area contributed by atoms with Crippen LogP contribution >= 0.6 is 0 Å². The Labute approximate surface area is 110 Å². The average Bonchev–Trinajstić information content (AvgIpc) is 2.32. The maximum Gasteiger partial charge on any atom is 0.329 e. The quantitative estimate of drug-likeness (QED) is 0.427. The van der Waals surface area contributed by atoms with Crippen molar-refractivity contribution in [1.82, 2.24) is 0 Å². The van der Waals surface area contributed by atoms with Gasteiger partial charge in [0, 0.05) is 0 Å². The van der Waals surface area contributed by atoms with Gasteiger partial charge in [0.05, 0.1) is 0 Å². The molecule has 0 fully saturated rings. The maximum atomic E-state index is 9.12. The van der Waals surface area contributed by atoms with Crippen LogP contribution in [-0.2, 0) is 4.79 Å². The van der Waals surface area contributed by atoms with E-state index in [4.69, 9.17) is 15.0 Å². The van der Waals surface area contributed by atoms with E-state index >= 15 is 0 Å². The Bertz CT molecular complexity index is 123. The zero-order valence-electron chi connectivity index (χ0n) is 10.7. The van der Waals surface area contributed by atoms with Crippen LogP contribution in [0.5, 0.6) is 0 Å². The van der Waals surface area contributed by atoms with Crippen molar-refractivity contribution < 1.29 is 15.0 Å². The van der Waals surface area contributed by atoms with Crippen molar-refractivity contribution in [2.75, 3.05) is 6.61 Å². The van der Waals surface area contributed by atoms with Crippen molar-refractivity contribution in [1.29, 1.82) is 0 Å². The van der Waals surface area contributed by atoms with E-state index in [0.29, 0.717) is 0 Å². The largest absolute Gasteiger partial charge is 0.480 e. The monoisotopic (exact) mass is 338 g/mol. The summed E-state index contributed by atoms with van der Waals surface area (Å²) in [5.41, 5.74) is 0. The molecule has 0 spiro atoms. The van der Waals surface area contributed by atoms with Gasteiger partial charge in [-0.1, -0.05) is 0 Å². The fourth-order valence-electron chi connectivity index (χ4n) is 0.729. The zero-order chi connectivity index (χ0) is 13.2. The molecule has 0 saturated heterocycles. The number of hydrogen-bond acceptors (Lipinski definition) is 2. The number of carboxylic acid groups (broad SMARTS) is 1. The van der Waals surface area contributed by atoms with Crippen LogP contribution in [0.3, 0.4) is 0 Å². The Morgan fingerprint density at radius 3 is 1.62 bits per heavy atom. The Balaban J connectivity index is -0.000000205. The molecular formula is C12H26O3Sn. The molecule has 0 saturated carbocycles. The van der Waals surface area contributed by atoms with Crippen molar-refractivity contribution in [3.05, 3.63) is 13.2 Å². The minimum Gasteiger partial charge on any atom is -0.480 e. The fourth-order valence-corrected chi connectivity index (χ4v) is 4.89. The van der Waals surface area contributed by atoms with Crippen molar-refractivity contribution in [3.63, 3.8) is 0 Å². The Morgan fingerprint density at radius 1 is 1.12 bits per heavy atom. The molecule has 0 aliphatic heterocycles. The van der Waals surface area contributed by atoms with Crippen molar-refractivity contribution in [2.24, 2.45) is 0 Å². The molecule has 0 rings (SSSR count). The molecule has 2 radical (unpaired) electrons. The minimum atomic E-state index is -1.19. The molecule has 0 aromatic carbocycles. The fraction of sp³-hybridized carbons (Fsp3) is 0.750. The van der Waals surface area contributed by atoms with E-state index < -0.39 is 12.6 Å². The Hall–Kier alpha value is -0.0313. The van der Waals surface area contributed by atoms with E-state index in [9.17, 15) is 0 Å². The molecule has 0 aromatic rings. The Morgan fingerprint density at radius 2 is 1.44 bits per heavy atom. The third-order valence-corrected chi connectivity index (χ3v) is 5.59. The van der Waals surface area contributed by atoms with Crippen molar-refractivity contribution in [3.8, 4) is 0 Å². The SMILES string of the molecule is C=C.CCC[CH2][Sn][CH2]CCC.O=C(O)CO. The number of hydrogen-bond donors (Lipinski definition) is 2. The van der Waals surface area contributed by atoms with Crippen LogP contribution in [-0.4, -0.2) is 43.9 Å². The number of carbonyl (C=O) groups is 1. The van der Waals surface area contributed by atoms with Gasteiger partial charge in [-0.05, 0) is 0 Å². The summed E-state index contributed by atoms with van der Waals surface area (Å²) in [7, 11) is 0. The second-order valence-corrected chi connectivity index (χ2v) is 7.29. The van der Waals surface area contributed by atoms with Crippen LogP contribution in [0.2, 0.25) is 8.87 Å². The summed E-state index contributed by atoms with van der Waals surface area (Å²) in [6.07, 6.45) is 5.84. The van der Waals surface area contributed by atoms with Crippen LogP contribution in [0.1, 0.15) is 39.5 Å². The van der Waals surface area contributed by atoms with Crippen LogP contribution in [0.4, 0.5) is 0 Å². The van der Waals surface area contributed by atoms with E-state index in [2.05, 4.69) is 27.0 Å². The Kier molecular flexibility index (Phi) is 32.3. The van der Waals surface area contributed by atoms with E-state index in [-0.39, 0.29) is 21.1 Å². The molecule has 0 heterocycles. The van der Waals surface area contributed by atoms with Gasteiger partial charge >= 0.3 is 75.5 Å². The van der Waals surface area contributed by atoms with Crippen LogP contribution in [0.15, 0.2) is 13.2 Å². The molecule has 0 aliphatic rings. The third-order valence-electron chi connectivity index (χ3n) is 1.55. The molecule has 96 valence electrons. The number of unbranched alkanes of at least 4 members (excludes halogenated alkanes) is 2. The van der Waals surface area contributed by atoms with Gasteiger partial charge in [-0.15, -0.1) is 13.2 Å². The summed E-state index contributed by atoms with van der Waals surface area (Å²) in [5.74, 6) is -1.19. The van der Waals surface area contributed by atoms with Gasteiger partial charge in [0.15, 0.2) is 0 Å². The summed E-state index contributed by atoms with van der Waals surface area (Å²) in [6, 6.07) is 0. The minimum absolute atomic E-state index is 0.149. The molecule has 2 N–H and O–H groups in total. The van der Waals surface area contributed by atoms with E-state index in [1.807, 2.05) is 0 Å². The second kappa shape index (κ2) is 24.3. The van der Waals surface area contributed by atoms with E-state index in [1.54, 1.807) is 8.87 Å². The molecule has 0 atom stereocenters. The van der Waals surface area contributed by atoms with Crippen LogP contribution < -0.4 is 0 Å². The molecule has 4 heteroatoms. The van der Waals surface area contributed by atoms with Crippen LogP contribution in [0, 0.1) is 0 Å². The number of rotatable bonds is 7. The van der Waals surface area contributed by atoms with Gasteiger partial charge in [-0.3, -0.25) is 0 Å². The number of aliphatic hydroxyl groups excluding tert-OH is 1. The van der Waals surface area contributed by atoms with Crippen LogP contribution in [0.25, 0.3) is 0 Å². The first-order valence-corrected chi connectivity index (χ1v) is 9.76. The summed E-state index contributed by atoms with van der Waals surface area (Å²) < 4.78 is 3.25. The number of aliphatic carboxylic acids is 1. The number of carboxylic acids is 1. The maximum absolute atomic E-state index is 9.12. The molecule has 0 amide bonds. The normalized spacial score (nSPS) is 8.19. The summed E-state index contributed by atoms with van der Waals surface area (Å²) in [4.78, 5) is 9.12. The van der Waals surface area contributed by atoms with E-state index in [1.165, 1.54) is 25.7 Å². The van der Waals surface area contributed by atoms with Crippen molar-refractivity contribution in [2.45, 2.75) is 48.4 Å². The van der Waals surface area contributed by atoms with Gasteiger partial charge < -0.3 is 10.2 Å². The summed E-state index contributed by atoms with van der Waals surface area (Å²) in [6.45, 7) is 9.80. The first-order chi connectivity index (χ1) is 7.68. The smallest absolute Gasteiger partial charge is 0.329 e. The van der Waals surface area contributed by atoms with Gasteiger partial charge in [0.25, 0.3) is 0 Å².